The van der Waals surface area contributed by atoms with Crippen LogP contribution in [-0.4, -0.2) is 13.1 Å². The second-order valence-electron chi connectivity index (χ2n) is 2.49. The van der Waals surface area contributed by atoms with Crippen LogP contribution in [0.4, 0.5) is 0 Å². The summed E-state index contributed by atoms with van der Waals surface area (Å²) >= 11 is 1.80. The third-order valence-corrected chi connectivity index (χ3v) is 2.60. The predicted molar refractivity (Wildman–Crippen MR) is 49.8 cm³/mol. The van der Waals surface area contributed by atoms with Crippen LogP contribution in [-0.2, 0) is 6.54 Å². The standard InChI is InChI=1S/C8H14N2S/c1-7-2-5-11-8(7)6-10-4-3-9/h2,5,10H,3-4,6,9H2,1H3. The molecule has 11 heavy (non-hydrogen) atoms. The lowest BCUT2D eigenvalue weighted by atomic mass is 10.3. The van der Waals surface area contributed by atoms with E-state index in [0.717, 1.165) is 13.1 Å². The minimum atomic E-state index is 0.713. The molecular formula is C8H14N2S. The zero-order valence-corrected chi connectivity index (χ0v) is 7.58. The second-order valence-corrected chi connectivity index (χ2v) is 3.49. The SMILES string of the molecule is Cc1ccsc1CNCCN. The molecule has 1 aromatic rings. The second kappa shape index (κ2) is 4.49. The third kappa shape index (κ3) is 2.61. The molecule has 62 valence electrons. The Morgan fingerprint density at radius 2 is 2.45 bits per heavy atom. The van der Waals surface area contributed by atoms with Gasteiger partial charge < -0.3 is 11.1 Å². The highest BCUT2D eigenvalue weighted by Crippen LogP contribution is 2.14. The third-order valence-electron chi connectivity index (χ3n) is 1.57. The molecule has 0 aromatic carbocycles. The van der Waals surface area contributed by atoms with Crippen LogP contribution in [0.25, 0.3) is 0 Å². The number of nitrogens with two attached hydrogens (primary N) is 1. The largest absolute Gasteiger partial charge is 0.329 e. The summed E-state index contributed by atoms with van der Waals surface area (Å²) in [5, 5.41) is 5.38. The summed E-state index contributed by atoms with van der Waals surface area (Å²) in [4.78, 5) is 1.42. The molecule has 3 N–H and O–H groups in total. The van der Waals surface area contributed by atoms with Crippen molar-refractivity contribution in [3.05, 3.63) is 21.9 Å². The van der Waals surface area contributed by atoms with Crippen molar-refractivity contribution in [2.45, 2.75) is 13.5 Å². The summed E-state index contributed by atoms with van der Waals surface area (Å²) < 4.78 is 0. The minimum absolute atomic E-state index is 0.713. The van der Waals surface area contributed by atoms with E-state index in [1.54, 1.807) is 11.3 Å². The van der Waals surface area contributed by atoms with E-state index in [2.05, 4.69) is 23.7 Å². The fourth-order valence-corrected chi connectivity index (χ4v) is 1.76. The monoisotopic (exact) mass is 170 g/mol. The Kier molecular flexibility index (Phi) is 3.56. The van der Waals surface area contributed by atoms with Gasteiger partial charge in [0.2, 0.25) is 0 Å². The molecule has 0 atom stereocenters. The first-order valence-corrected chi connectivity index (χ1v) is 4.66. The Morgan fingerprint density at radius 3 is 3.00 bits per heavy atom. The maximum Gasteiger partial charge on any atom is 0.0302 e. The Labute approximate surface area is 71.4 Å². The highest BCUT2D eigenvalue weighted by atomic mass is 32.1. The van der Waals surface area contributed by atoms with Crippen LogP contribution in [0.2, 0.25) is 0 Å². The Hall–Kier alpha value is -0.380. The van der Waals surface area contributed by atoms with Crippen LogP contribution in [0.1, 0.15) is 10.4 Å². The number of aryl methyl sites for hydroxylation is 1. The van der Waals surface area contributed by atoms with Gasteiger partial charge in [-0.2, -0.15) is 0 Å². The van der Waals surface area contributed by atoms with Crippen molar-refractivity contribution >= 4 is 11.3 Å². The first-order chi connectivity index (χ1) is 5.34. The smallest absolute Gasteiger partial charge is 0.0302 e. The van der Waals surface area contributed by atoms with E-state index in [1.165, 1.54) is 10.4 Å². The molecule has 1 heterocycles. The van der Waals surface area contributed by atoms with Gasteiger partial charge in [-0.25, -0.2) is 0 Å². The topological polar surface area (TPSA) is 38.0 Å². The minimum Gasteiger partial charge on any atom is -0.329 e. The molecule has 1 rings (SSSR count). The molecule has 0 radical (unpaired) electrons. The lowest BCUT2D eigenvalue weighted by Gasteiger charge is -2.00. The van der Waals surface area contributed by atoms with E-state index >= 15 is 0 Å². The highest BCUT2D eigenvalue weighted by molar-refractivity contribution is 7.10. The van der Waals surface area contributed by atoms with E-state index in [0.29, 0.717) is 6.54 Å². The Bertz CT molecular complexity index is 208. The molecule has 0 aliphatic rings. The van der Waals surface area contributed by atoms with Gasteiger partial charge in [0.05, 0.1) is 0 Å². The number of hydrogen-bond acceptors (Lipinski definition) is 3. The summed E-state index contributed by atoms with van der Waals surface area (Å²) in [6.07, 6.45) is 0. The van der Waals surface area contributed by atoms with Gasteiger partial charge in [0.25, 0.3) is 0 Å². The van der Waals surface area contributed by atoms with Crippen molar-refractivity contribution in [2.75, 3.05) is 13.1 Å². The van der Waals surface area contributed by atoms with Gasteiger partial charge in [-0.05, 0) is 23.9 Å². The summed E-state index contributed by atoms with van der Waals surface area (Å²) in [6.45, 7) is 4.71. The fraction of sp³-hybridized carbons (Fsp3) is 0.500. The molecular weight excluding hydrogens is 156 g/mol. The van der Waals surface area contributed by atoms with Gasteiger partial charge in [-0.1, -0.05) is 0 Å². The number of rotatable bonds is 4. The van der Waals surface area contributed by atoms with Gasteiger partial charge in [-0.15, -0.1) is 11.3 Å². The molecule has 1 aromatic heterocycles. The summed E-state index contributed by atoms with van der Waals surface area (Å²) in [6, 6.07) is 2.14. The van der Waals surface area contributed by atoms with Crippen molar-refractivity contribution in [1.82, 2.24) is 5.32 Å². The summed E-state index contributed by atoms with van der Waals surface area (Å²) in [5.41, 5.74) is 6.72. The first kappa shape index (κ1) is 8.71. The normalized spacial score (nSPS) is 10.4. The van der Waals surface area contributed by atoms with E-state index in [4.69, 9.17) is 5.73 Å². The molecule has 0 spiro atoms. The molecule has 0 amide bonds. The number of nitrogens with one attached hydrogen (secondary N) is 1. The average molecular weight is 170 g/mol. The van der Waals surface area contributed by atoms with Gasteiger partial charge in [0.15, 0.2) is 0 Å². The van der Waals surface area contributed by atoms with Gasteiger partial charge >= 0.3 is 0 Å². The van der Waals surface area contributed by atoms with Crippen LogP contribution < -0.4 is 11.1 Å². The van der Waals surface area contributed by atoms with Crippen molar-refractivity contribution in [1.29, 1.82) is 0 Å². The lowest BCUT2D eigenvalue weighted by molar-refractivity contribution is 0.700. The molecule has 0 aliphatic carbocycles. The lowest BCUT2D eigenvalue weighted by Crippen LogP contribution is -2.21. The van der Waals surface area contributed by atoms with Crippen LogP contribution in [0.15, 0.2) is 11.4 Å². The van der Waals surface area contributed by atoms with Gasteiger partial charge in [0, 0.05) is 24.5 Å². The van der Waals surface area contributed by atoms with E-state index in [-0.39, 0.29) is 0 Å². The molecule has 0 bridgehead atoms. The highest BCUT2D eigenvalue weighted by Gasteiger charge is 1.96. The summed E-state index contributed by atoms with van der Waals surface area (Å²) in [5.74, 6) is 0. The van der Waals surface area contributed by atoms with Crippen LogP contribution >= 0.6 is 11.3 Å². The van der Waals surface area contributed by atoms with E-state index in [9.17, 15) is 0 Å². The Balaban J connectivity index is 2.32. The van der Waals surface area contributed by atoms with Crippen LogP contribution in [0.5, 0.6) is 0 Å². The maximum atomic E-state index is 5.35. The zero-order valence-electron chi connectivity index (χ0n) is 6.76. The average Bonchev–Trinajstić information content (AvgIpc) is 2.37. The molecule has 0 unspecified atom stereocenters. The quantitative estimate of drug-likeness (QED) is 0.664. The van der Waals surface area contributed by atoms with E-state index in [1.807, 2.05) is 0 Å². The van der Waals surface area contributed by atoms with Crippen molar-refractivity contribution in [3.8, 4) is 0 Å². The van der Waals surface area contributed by atoms with Gasteiger partial charge in [0.1, 0.15) is 0 Å². The van der Waals surface area contributed by atoms with Crippen LogP contribution in [0, 0.1) is 6.92 Å². The zero-order chi connectivity index (χ0) is 8.10. The van der Waals surface area contributed by atoms with Crippen LogP contribution in [0.3, 0.4) is 0 Å². The first-order valence-electron chi connectivity index (χ1n) is 3.78. The molecule has 0 saturated carbocycles. The predicted octanol–water partition coefficient (Wildman–Crippen LogP) is 1.10. The number of hydrogen-bond donors (Lipinski definition) is 2. The maximum absolute atomic E-state index is 5.35. The molecule has 0 aliphatic heterocycles. The fourth-order valence-electron chi connectivity index (χ4n) is 0.889. The molecule has 2 nitrogen and oxygen atoms in total. The molecule has 0 fully saturated rings. The van der Waals surface area contributed by atoms with Gasteiger partial charge in [-0.3, -0.25) is 0 Å². The van der Waals surface area contributed by atoms with Crippen molar-refractivity contribution in [3.63, 3.8) is 0 Å². The molecule has 0 saturated heterocycles. The Morgan fingerprint density at radius 1 is 1.64 bits per heavy atom. The van der Waals surface area contributed by atoms with E-state index < -0.39 is 0 Å². The molecule has 3 heteroatoms. The summed E-state index contributed by atoms with van der Waals surface area (Å²) in [7, 11) is 0. The van der Waals surface area contributed by atoms with Crippen molar-refractivity contribution in [2.24, 2.45) is 5.73 Å². The van der Waals surface area contributed by atoms with Crippen molar-refractivity contribution < 1.29 is 0 Å². The number of thiophene rings is 1.